The van der Waals surface area contributed by atoms with Gasteiger partial charge in [-0.05, 0) is 36.8 Å². The van der Waals surface area contributed by atoms with Crippen LogP contribution in [0.25, 0.3) is 28.7 Å². The Balaban J connectivity index is 1.86. The molecular weight excluding hydrogens is 352 g/mol. The number of aliphatic hydroxyl groups is 1. The van der Waals surface area contributed by atoms with E-state index in [1.54, 1.807) is 13.0 Å². The molecule has 0 spiro atoms. The summed E-state index contributed by atoms with van der Waals surface area (Å²) in [6.45, 7) is 1.69. The van der Waals surface area contributed by atoms with Gasteiger partial charge in [-0.3, -0.25) is 5.41 Å². The molecule has 1 aromatic carbocycles. The van der Waals surface area contributed by atoms with Crippen LogP contribution in [0.15, 0.2) is 48.9 Å². The average Bonchev–Trinajstić information content (AvgIpc) is 3.15. The molecule has 0 radical (unpaired) electrons. The van der Waals surface area contributed by atoms with Crippen LogP contribution in [-0.4, -0.2) is 37.2 Å². The smallest absolute Gasteiger partial charge is 0.279 e. The predicted octanol–water partition coefficient (Wildman–Crippen LogP) is 3.89. The molecule has 2 heterocycles. The van der Waals surface area contributed by atoms with Crippen LogP contribution >= 0.6 is 0 Å². The van der Waals surface area contributed by atoms with E-state index in [1.807, 2.05) is 24.3 Å². The van der Waals surface area contributed by atoms with Gasteiger partial charge in [-0.15, -0.1) is 0 Å². The van der Waals surface area contributed by atoms with E-state index in [0.29, 0.717) is 22.9 Å². The number of halogens is 2. The molecule has 0 fully saturated rings. The van der Waals surface area contributed by atoms with Crippen LogP contribution in [0.5, 0.6) is 0 Å². The van der Waals surface area contributed by atoms with E-state index in [0.717, 1.165) is 17.2 Å². The lowest BCUT2D eigenvalue weighted by atomic mass is 10.0. The highest BCUT2D eigenvalue weighted by molar-refractivity contribution is 5.97. The van der Waals surface area contributed by atoms with E-state index in [1.165, 1.54) is 18.6 Å². The molecule has 0 aliphatic heterocycles. The number of nitrogens with one attached hydrogen (secondary N) is 2. The van der Waals surface area contributed by atoms with E-state index in [2.05, 4.69) is 19.9 Å². The van der Waals surface area contributed by atoms with Gasteiger partial charge in [0.05, 0.1) is 35.1 Å². The fraction of sp³-hybridized carbons (Fsp3) is 0.158. The number of aromatic nitrogens is 4. The maximum absolute atomic E-state index is 12.3. The summed E-state index contributed by atoms with van der Waals surface area (Å²) >= 11 is 0. The van der Waals surface area contributed by atoms with Crippen molar-refractivity contribution in [2.75, 3.05) is 0 Å². The largest absolute Gasteiger partial charge is 0.389 e. The van der Waals surface area contributed by atoms with Gasteiger partial charge in [0.2, 0.25) is 0 Å². The van der Waals surface area contributed by atoms with Gasteiger partial charge in [-0.25, -0.2) is 23.7 Å². The minimum atomic E-state index is -2.82. The minimum absolute atomic E-state index is 0.340. The van der Waals surface area contributed by atoms with Crippen molar-refractivity contribution in [3.63, 3.8) is 0 Å². The summed E-state index contributed by atoms with van der Waals surface area (Å²) in [5, 5.41) is 16.9. The van der Waals surface area contributed by atoms with Crippen molar-refractivity contribution in [1.29, 1.82) is 5.41 Å². The fourth-order valence-electron chi connectivity index (χ4n) is 2.41. The summed E-state index contributed by atoms with van der Waals surface area (Å²) in [6.07, 6.45) is 1.86. The van der Waals surface area contributed by atoms with Gasteiger partial charge in [-0.2, -0.15) is 0 Å². The van der Waals surface area contributed by atoms with E-state index in [4.69, 9.17) is 5.41 Å². The van der Waals surface area contributed by atoms with Crippen LogP contribution in [0.3, 0.4) is 0 Å². The molecule has 8 heteroatoms. The van der Waals surface area contributed by atoms with Crippen molar-refractivity contribution in [3.05, 3.63) is 60.3 Å². The summed E-state index contributed by atoms with van der Waals surface area (Å²) in [7, 11) is 0. The number of imidazole rings is 1. The second kappa shape index (κ2) is 7.96. The highest BCUT2D eigenvalue weighted by Gasteiger charge is 2.10. The molecule has 0 aliphatic carbocycles. The van der Waals surface area contributed by atoms with Gasteiger partial charge in [0, 0.05) is 5.56 Å². The quantitative estimate of drug-likeness (QED) is 0.574. The standard InChI is InChI=1S/C19H17F2N5O/c1-11(27)12-3-2-4-13(7-12)15-8-16(25-10-24-15)17-9-23-18(26-17)6-5-14(22)19(20)21/h2-11,19,22,27H,1H3,(H,23,26)/b6-5-,22-14?. The summed E-state index contributed by atoms with van der Waals surface area (Å²) in [5.41, 5.74) is 2.68. The lowest BCUT2D eigenvalue weighted by Crippen LogP contribution is -2.03. The second-order valence-electron chi connectivity index (χ2n) is 5.86. The molecule has 6 nitrogen and oxygen atoms in total. The summed E-state index contributed by atoms with van der Waals surface area (Å²) < 4.78 is 24.7. The number of alkyl halides is 2. The zero-order chi connectivity index (χ0) is 19.4. The number of hydrogen-bond acceptors (Lipinski definition) is 5. The molecule has 2 aromatic heterocycles. The molecule has 3 aromatic rings. The molecule has 0 bridgehead atoms. The third kappa shape index (κ3) is 4.48. The van der Waals surface area contributed by atoms with Gasteiger partial charge in [-0.1, -0.05) is 18.2 Å². The number of rotatable bonds is 6. The number of aromatic amines is 1. The van der Waals surface area contributed by atoms with Gasteiger partial charge in [0.15, 0.2) is 0 Å². The highest BCUT2D eigenvalue weighted by atomic mass is 19.3. The number of aliphatic hydroxyl groups excluding tert-OH is 1. The Morgan fingerprint density at radius 2 is 1.96 bits per heavy atom. The van der Waals surface area contributed by atoms with Crippen LogP contribution in [0, 0.1) is 5.41 Å². The van der Waals surface area contributed by atoms with Crippen molar-refractivity contribution in [3.8, 4) is 22.6 Å². The number of benzene rings is 1. The van der Waals surface area contributed by atoms with E-state index in [-0.39, 0.29) is 0 Å². The van der Waals surface area contributed by atoms with Crippen LogP contribution in [-0.2, 0) is 0 Å². The van der Waals surface area contributed by atoms with E-state index in [9.17, 15) is 13.9 Å². The molecule has 0 saturated heterocycles. The first-order valence-corrected chi connectivity index (χ1v) is 8.14. The number of nitrogens with zero attached hydrogens (tertiary/aromatic N) is 3. The Bertz CT molecular complexity index is 981. The predicted molar refractivity (Wildman–Crippen MR) is 98.4 cm³/mol. The van der Waals surface area contributed by atoms with E-state index < -0.39 is 18.2 Å². The molecule has 138 valence electrons. The third-order valence-electron chi connectivity index (χ3n) is 3.86. The average molecular weight is 369 g/mol. The molecule has 0 saturated carbocycles. The molecular formula is C19H17F2N5O. The highest BCUT2D eigenvalue weighted by Crippen LogP contribution is 2.24. The van der Waals surface area contributed by atoms with Crippen molar-refractivity contribution in [2.45, 2.75) is 19.5 Å². The van der Waals surface area contributed by atoms with Crippen molar-refractivity contribution >= 4 is 11.8 Å². The number of allylic oxidation sites excluding steroid dienone is 1. The Kier molecular flexibility index (Phi) is 5.46. The molecule has 0 aliphatic rings. The fourth-order valence-corrected chi connectivity index (χ4v) is 2.41. The van der Waals surface area contributed by atoms with Gasteiger partial charge in [0.1, 0.15) is 12.2 Å². The minimum Gasteiger partial charge on any atom is -0.389 e. The first-order valence-electron chi connectivity index (χ1n) is 8.14. The maximum Gasteiger partial charge on any atom is 0.279 e. The Morgan fingerprint density at radius 1 is 1.19 bits per heavy atom. The maximum atomic E-state index is 12.3. The SMILES string of the molecule is CC(O)c1cccc(-c2cc(-c3cnc(/C=C\C(=N)C(F)F)[nH]3)ncn2)c1. The number of hydrogen-bond donors (Lipinski definition) is 3. The van der Waals surface area contributed by atoms with Crippen molar-refractivity contribution in [1.82, 2.24) is 19.9 Å². The normalized spacial score (nSPS) is 12.6. The first-order chi connectivity index (χ1) is 12.9. The van der Waals surface area contributed by atoms with Gasteiger partial charge < -0.3 is 10.1 Å². The summed E-state index contributed by atoms with van der Waals surface area (Å²) in [4.78, 5) is 15.5. The number of H-pyrrole nitrogens is 1. The monoisotopic (exact) mass is 369 g/mol. The third-order valence-corrected chi connectivity index (χ3v) is 3.86. The summed E-state index contributed by atoms with van der Waals surface area (Å²) in [5.74, 6) is 0.340. The van der Waals surface area contributed by atoms with Crippen molar-refractivity contribution in [2.24, 2.45) is 0 Å². The molecule has 1 atom stereocenters. The van der Waals surface area contributed by atoms with Crippen LogP contribution in [0.2, 0.25) is 0 Å². The lowest BCUT2D eigenvalue weighted by Gasteiger charge is -2.07. The second-order valence-corrected chi connectivity index (χ2v) is 5.86. The zero-order valence-corrected chi connectivity index (χ0v) is 14.4. The lowest BCUT2D eigenvalue weighted by molar-refractivity contribution is 0.199. The Hall–Kier alpha value is -3.26. The molecule has 3 N–H and O–H groups in total. The van der Waals surface area contributed by atoms with E-state index >= 15 is 0 Å². The molecule has 1 unspecified atom stereocenters. The summed E-state index contributed by atoms with van der Waals surface area (Å²) in [6, 6.07) is 9.18. The zero-order valence-electron chi connectivity index (χ0n) is 14.4. The van der Waals surface area contributed by atoms with Crippen LogP contribution < -0.4 is 0 Å². The van der Waals surface area contributed by atoms with Crippen LogP contribution in [0.1, 0.15) is 24.4 Å². The topological polar surface area (TPSA) is 98.5 Å². The van der Waals surface area contributed by atoms with Crippen molar-refractivity contribution < 1.29 is 13.9 Å². The molecule has 27 heavy (non-hydrogen) atoms. The Morgan fingerprint density at radius 3 is 2.70 bits per heavy atom. The van der Waals surface area contributed by atoms with Crippen LogP contribution in [0.4, 0.5) is 8.78 Å². The first kappa shape index (κ1) is 18.5. The van der Waals surface area contributed by atoms with Gasteiger partial charge in [0.25, 0.3) is 6.43 Å². The van der Waals surface area contributed by atoms with Gasteiger partial charge >= 0.3 is 0 Å². The Labute approximate surface area is 154 Å². The molecule has 0 amide bonds. The molecule has 3 rings (SSSR count).